The van der Waals surface area contributed by atoms with Gasteiger partial charge in [-0.1, -0.05) is 23.3 Å². The van der Waals surface area contributed by atoms with Crippen molar-refractivity contribution in [2.45, 2.75) is 27.7 Å². The van der Waals surface area contributed by atoms with Crippen LogP contribution in [0, 0.1) is 0 Å². The van der Waals surface area contributed by atoms with Crippen LogP contribution in [0.1, 0.15) is 27.7 Å². The largest absolute Gasteiger partial charge is 0.392 e. The summed E-state index contributed by atoms with van der Waals surface area (Å²) in [5.74, 6) is 0. The molecule has 0 atom stereocenters. The second-order valence-electron chi connectivity index (χ2n) is 2.93. The quantitative estimate of drug-likeness (QED) is 0.624. The lowest BCUT2D eigenvalue weighted by Gasteiger charge is -1.80. The monoisotopic (exact) mass is 172 g/mol. The molecule has 0 saturated carbocycles. The van der Waals surface area contributed by atoms with Gasteiger partial charge < -0.3 is 10.2 Å². The summed E-state index contributed by atoms with van der Waals surface area (Å²) in [6, 6.07) is 0. The molecule has 0 spiro atoms. The van der Waals surface area contributed by atoms with E-state index in [0.29, 0.717) is 0 Å². The molecule has 0 heterocycles. The minimum atomic E-state index is 0.169. The van der Waals surface area contributed by atoms with Crippen LogP contribution in [0.25, 0.3) is 0 Å². The van der Waals surface area contributed by atoms with Gasteiger partial charge in [0.05, 0.1) is 13.2 Å². The van der Waals surface area contributed by atoms with Gasteiger partial charge in [-0.15, -0.1) is 0 Å². The number of aliphatic hydroxyl groups excluding tert-OH is 2. The first-order valence-electron chi connectivity index (χ1n) is 4.03. The molecule has 2 heteroatoms. The van der Waals surface area contributed by atoms with Crippen LogP contribution in [0.2, 0.25) is 0 Å². The Morgan fingerprint density at radius 1 is 0.833 bits per heavy atom. The third kappa shape index (κ3) is 22.7. The lowest BCUT2D eigenvalue weighted by molar-refractivity contribution is 0.341. The molecule has 0 aliphatic carbocycles. The van der Waals surface area contributed by atoms with Crippen molar-refractivity contribution in [3.05, 3.63) is 23.3 Å². The Labute approximate surface area is 75.2 Å². The van der Waals surface area contributed by atoms with E-state index >= 15 is 0 Å². The summed E-state index contributed by atoms with van der Waals surface area (Å²) in [6.45, 7) is 8.16. The van der Waals surface area contributed by atoms with Gasteiger partial charge >= 0.3 is 0 Å². The fraction of sp³-hybridized carbons (Fsp3) is 0.600. The number of aliphatic hydroxyl groups is 2. The highest BCUT2D eigenvalue weighted by Gasteiger charge is 1.68. The Morgan fingerprint density at radius 3 is 1.08 bits per heavy atom. The maximum absolute atomic E-state index is 8.16. The molecule has 0 rings (SSSR count). The summed E-state index contributed by atoms with van der Waals surface area (Å²) in [4.78, 5) is 0. The van der Waals surface area contributed by atoms with Gasteiger partial charge in [-0.3, -0.25) is 0 Å². The van der Waals surface area contributed by atoms with E-state index in [2.05, 4.69) is 0 Å². The molecule has 0 saturated heterocycles. The fourth-order valence-electron chi connectivity index (χ4n) is 0.365. The highest BCUT2D eigenvalue weighted by Crippen LogP contribution is 1.84. The number of rotatable bonds is 2. The van der Waals surface area contributed by atoms with E-state index in [9.17, 15) is 0 Å². The van der Waals surface area contributed by atoms with E-state index in [1.54, 1.807) is 12.2 Å². The molecule has 0 aliphatic rings. The van der Waals surface area contributed by atoms with Crippen LogP contribution in [-0.2, 0) is 0 Å². The van der Waals surface area contributed by atoms with E-state index in [0.717, 1.165) is 11.1 Å². The zero-order valence-electron chi connectivity index (χ0n) is 8.46. The lowest BCUT2D eigenvalue weighted by atomic mass is 10.3. The van der Waals surface area contributed by atoms with Gasteiger partial charge in [0.1, 0.15) is 0 Å². The minimum Gasteiger partial charge on any atom is -0.392 e. The number of hydrogen-bond acceptors (Lipinski definition) is 2. The molecule has 72 valence electrons. The average Bonchev–Trinajstić information content (AvgIpc) is 1.87. The van der Waals surface area contributed by atoms with E-state index in [1.165, 1.54) is 0 Å². The molecule has 0 aromatic rings. The Morgan fingerprint density at radius 2 is 1.08 bits per heavy atom. The highest BCUT2D eigenvalue weighted by molar-refractivity contribution is 4.92. The zero-order valence-corrected chi connectivity index (χ0v) is 8.46. The van der Waals surface area contributed by atoms with Crippen LogP contribution < -0.4 is 0 Å². The maximum atomic E-state index is 8.16. The molecule has 0 unspecified atom stereocenters. The summed E-state index contributed by atoms with van der Waals surface area (Å²) >= 11 is 0. The zero-order chi connectivity index (χ0) is 9.98. The van der Waals surface area contributed by atoms with Crippen LogP contribution in [0.15, 0.2) is 23.3 Å². The van der Waals surface area contributed by atoms with Crippen molar-refractivity contribution >= 4 is 0 Å². The first-order chi connectivity index (χ1) is 5.54. The van der Waals surface area contributed by atoms with E-state index in [4.69, 9.17) is 10.2 Å². The Kier molecular flexibility index (Phi) is 12.1. The summed E-state index contributed by atoms with van der Waals surface area (Å²) < 4.78 is 0. The van der Waals surface area contributed by atoms with Gasteiger partial charge in [-0.05, 0) is 27.7 Å². The first kappa shape index (κ1) is 14.0. The SMILES string of the molecule is CC(C)=CCO.CC(C)=CCO. The molecule has 0 radical (unpaired) electrons. The van der Waals surface area contributed by atoms with Gasteiger partial charge in [-0.2, -0.15) is 0 Å². The van der Waals surface area contributed by atoms with E-state index in [-0.39, 0.29) is 13.2 Å². The first-order valence-corrected chi connectivity index (χ1v) is 4.03. The Hall–Kier alpha value is -0.600. The predicted octanol–water partition coefficient (Wildman–Crippen LogP) is 1.89. The minimum absolute atomic E-state index is 0.169. The fourth-order valence-corrected chi connectivity index (χ4v) is 0.365. The smallest absolute Gasteiger partial charge is 0.0614 e. The van der Waals surface area contributed by atoms with Gasteiger partial charge in [0.15, 0.2) is 0 Å². The summed E-state index contributed by atoms with van der Waals surface area (Å²) in [7, 11) is 0. The molecule has 2 N–H and O–H groups in total. The molecule has 0 amide bonds. The summed E-state index contributed by atoms with van der Waals surface area (Å²) in [5, 5.41) is 16.3. The van der Waals surface area contributed by atoms with E-state index in [1.807, 2.05) is 27.7 Å². The molecule has 0 bridgehead atoms. The number of allylic oxidation sites excluding steroid dienone is 2. The normalized spacial score (nSPS) is 7.83. The molecule has 0 aromatic carbocycles. The molecule has 12 heavy (non-hydrogen) atoms. The lowest BCUT2D eigenvalue weighted by Crippen LogP contribution is -1.71. The van der Waals surface area contributed by atoms with Crippen molar-refractivity contribution in [2.24, 2.45) is 0 Å². The highest BCUT2D eigenvalue weighted by atomic mass is 16.3. The molecule has 2 nitrogen and oxygen atoms in total. The Bertz CT molecular complexity index is 120. The van der Waals surface area contributed by atoms with Crippen LogP contribution >= 0.6 is 0 Å². The third-order valence-corrected chi connectivity index (χ3v) is 0.999. The topological polar surface area (TPSA) is 40.5 Å². The van der Waals surface area contributed by atoms with Gasteiger partial charge in [0.25, 0.3) is 0 Å². The maximum Gasteiger partial charge on any atom is 0.0614 e. The van der Waals surface area contributed by atoms with Crippen molar-refractivity contribution in [1.29, 1.82) is 0 Å². The van der Waals surface area contributed by atoms with Crippen molar-refractivity contribution in [1.82, 2.24) is 0 Å². The van der Waals surface area contributed by atoms with Crippen molar-refractivity contribution in [3.63, 3.8) is 0 Å². The van der Waals surface area contributed by atoms with Crippen LogP contribution in [-0.4, -0.2) is 23.4 Å². The van der Waals surface area contributed by atoms with Crippen molar-refractivity contribution in [2.75, 3.05) is 13.2 Å². The van der Waals surface area contributed by atoms with Crippen LogP contribution in [0.3, 0.4) is 0 Å². The molecular formula is C10H20O2. The second kappa shape index (κ2) is 10.4. The van der Waals surface area contributed by atoms with Crippen molar-refractivity contribution < 1.29 is 10.2 Å². The Balaban J connectivity index is 0. The predicted molar refractivity (Wildman–Crippen MR) is 53.0 cm³/mol. The molecule has 0 aromatic heterocycles. The van der Waals surface area contributed by atoms with Crippen molar-refractivity contribution in [3.8, 4) is 0 Å². The molecule has 0 aliphatic heterocycles. The van der Waals surface area contributed by atoms with Crippen LogP contribution in [0.5, 0.6) is 0 Å². The average molecular weight is 172 g/mol. The molecule has 0 fully saturated rings. The van der Waals surface area contributed by atoms with Crippen LogP contribution in [0.4, 0.5) is 0 Å². The molecular weight excluding hydrogens is 152 g/mol. The van der Waals surface area contributed by atoms with Gasteiger partial charge in [0, 0.05) is 0 Å². The van der Waals surface area contributed by atoms with Gasteiger partial charge in [-0.25, -0.2) is 0 Å². The number of hydrogen-bond donors (Lipinski definition) is 2. The van der Waals surface area contributed by atoms with Gasteiger partial charge in [0.2, 0.25) is 0 Å². The summed E-state index contributed by atoms with van der Waals surface area (Å²) in [6.07, 6.45) is 3.53. The summed E-state index contributed by atoms with van der Waals surface area (Å²) in [5.41, 5.74) is 2.33. The standard InChI is InChI=1S/2C5H10O/c2*1-5(2)3-4-6/h2*3,6H,4H2,1-2H3. The third-order valence-electron chi connectivity index (χ3n) is 0.999. The van der Waals surface area contributed by atoms with E-state index < -0.39 is 0 Å². The second-order valence-corrected chi connectivity index (χ2v) is 2.93.